The number of rotatable bonds is 1. The molecule has 0 aliphatic rings. The summed E-state index contributed by atoms with van der Waals surface area (Å²) in [5.74, 6) is 1.53. The standard InChI is InChI=1S/C4H6O2/c1-4(2-5)3-6/h5H,2H2,1H3. The number of hydrogen-bond donors (Lipinski definition) is 1. The summed E-state index contributed by atoms with van der Waals surface area (Å²) in [5.41, 5.74) is 0.343. The zero-order chi connectivity index (χ0) is 4.99. The molecular weight excluding hydrogens is 80.0 g/mol. The predicted molar refractivity (Wildman–Crippen MR) is 22.0 cm³/mol. The average Bonchev–Trinajstić information content (AvgIpc) is 1.65. The molecule has 0 aromatic carbocycles. The molecule has 0 unspecified atom stereocenters. The molecule has 6 heavy (non-hydrogen) atoms. The molecule has 1 N–H and O–H groups in total. The summed E-state index contributed by atoms with van der Waals surface area (Å²) in [6.45, 7) is 1.34. The zero-order valence-corrected chi connectivity index (χ0v) is 3.56. The fourth-order valence-corrected chi connectivity index (χ4v) is 0.0323. The van der Waals surface area contributed by atoms with Gasteiger partial charge in [-0.1, -0.05) is 0 Å². The minimum Gasteiger partial charge on any atom is -0.391 e. The van der Waals surface area contributed by atoms with E-state index in [1.165, 1.54) is 12.9 Å². The highest BCUT2D eigenvalue weighted by Gasteiger charge is 1.77. The summed E-state index contributed by atoms with van der Waals surface area (Å²) in [6.07, 6.45) is 0. The van der Waals surface area contributed by atoms with Crippen LogP contribution in [-0.2, 0) is 4.79 Å². The van der Waals surface area contributed by atoms with E-state index in [9.17, 15) is 4.79 Å². The van der Waals surface area contributed by atoms with Crippen molar-refractivity contribution in [3.8, 4) is 0 Å². The van der Waals surface area contributed by atoms with Gasteiger partial charge in [0.1, 0.15) is 5.94 Å². The van der Waals surface area contributed by atoms with Crippen molar-refractivity contribution in [3.63, 3.8) is 0 Å². The Bertz CT molecular complexity index is 79.5. The molecule has 0 heterocycles. The van der Waals surface area contributed by atoms with Crippen LogP contribution in [0.25, 0.3) is 0 Å². The molecule has 0 fully saturated rings. The molecule has 2 nitrogen and oxygen atoms in total. The first-order valence-electron chi connectivity index (χ1n) is 1.62. The van der Waals surface area contributed by atoms with Gasteiger partial charge in [-0.3, -0.25) is 0 Å². The molecule has 0 aromatic rings. The Balaban J connectivity index is 3.52. The van der Waals surface area contributed by atoms with Gasteiger partial charge in [-0.25, -0.2) is 4.79 Å². The van der Waals surface area contributed by atoms with Gasteiger partial charge in [-0.15, -0.1) is 0 Å². The molecule has 0 saturated carbocycles. The molecule has 2 heteroatoms. The van der Waals surface area contributed by atoms with Gasteiger partial charge in [0.05, 0.1) is 6.61 Å². The Morgan fingerprint density at radius 1 is 2.00 bits per heavy atom. The van der Waals surface area contributed by atoms with Crippen LogP contribution in [-0.4, -0.2) is 17.7 Å². The van der Waals surface area contributed by atoms with Gasteiger partial charge in [0.25, 0.3) is 0 Å². The monoisotopic (exact) mass is 86.0 g/mol. The highest BCUT2D eigenvalue weighted by atomic mass is 16.3. The zero-order valence-electron chi connectivity index (χ0n) is 3.56. The van der Waals surface area contributed by atoms with Crippen LogP contribution in [0, 0.1) is 0 Å². The Labute approximate surface area is 36.1 Å². The van der Waals surface area contributed by atoms with Crippen LogP contribution < -0.4 is 0 Å². The molecule has 0 atom stereocenters. The van der Waals surface area contributed by atoms with Crippen LogP contribution in [0.5, 0.6) is 0 Å². The second-order valence-corrected chi connectivity index (χ2v) is 1.04. The van der Waals surface area contributed by atoms with Crippen molar-refractivity contribution in [1.82, 2.24) is 0 Å². The minimum atomic E-state index is -0.177. The van der Waals surface area contributed by atoms with Crippen molar-refractivity contribution in [2.45, 2.75) is 6.92 Å². The third-order valence-corrected chi connectivity index (χ3v) is 0.411. The normalized spacial score (nSPS) is 7.00. The largest absolute Gasteiger partial charge is 0.391 e. The Morgan fingerprint density at radius 3 is 2.50 bits per heavy atom. The molecule has 0 rings (SSSR count). The SMILES string of the molecule is CC(=C=O)CO. The summed E-state index contributed by atoms with van der Waals surface area (Å²) < 4.78 is 0. The molecule has 0 aliphatic heterocycles. The van der Waals surface area contributed by atoms with Crippen LogP contribution >= 0.6 is 0 Å². The highest BCUT2D eigenvalue weighted by molar-refractivity contribution is 5.51. The van der Waals surface area contributed by atoms with E-state index >= 15 is 0 Å². The van der Waals surface area contributed by atoms with E-state index in [2.05, 4.69) is 0 Å². The fourth-order valence-electron chi connectivity index (χ4n) is 0.0323. The van der Waals surface area contributed by atoms with Crippen LogP contribution in [0.4, 0.5) is 0 Å². The number of hydrogen-bond acceptors (Lipinski definition) is 2. The molecule has 0 aliphatic carbocycles. The van der Waals surface area contributed by atoms with Crippen LogP contribution in [0.15, 0.2) is 5.57 Å². The van der Waals surface area contributed by atoms with Crippen LogP contribution in [0.1, 0.15) is 6.92 Å². The first-order valence-corrected chi connectivity index (χ1v) is 1.62. The lowest BCUT2D eigenvalue weighted by Crippen LogP contribution is -1.81. The van der Waals surface area contributed by atoms with Gasteiger partial charge in [0, 0.05) is 5.57 Å². The molecule has 0 spiro atoms. The van der Waals surface area contributed by atoms with Crippen molar-refractivity contribution in [1.29, 1.82) is 0 Å². The Morgan fingerprint density at radius 2 is 2.50 bits per heavy atom. The quantitative estimate of drug-likeness (QED) is 0.447. The summed E-state index contributed by atoms with van der Waals surface area (Å²) >= 11 is 0. The van der Waals surface area contributed by atoms with Crippen molar-refractivity contribution in [3.05, 3.63) is 5.57 Å². The summed E-state index contributed by atoms with van der Waals surface area (Å²) in [4.78, 5) is 9.41. The van der Waals surface area contributed by atoms with Gasteiger partial charge in [0.15, 0.2) is 0 Å². The highest BCUT2D eigenvalue weighted by Crippen LogP contribution is 1.75. The third kappa shape index (κ3) is 1.70. The smallest absolute Gasteiger partial charge is 0.125 e. The molecular formula is C4H6O2. The second-order valence-electron chi connectivity index (χ2n) is 1.04. The first-order chi connectivity index (χ1) is 2.81. The lowest BCUT2D eigenvalue weighted by Gasteiger charge is -1.76. The van der Waals surface area contributed by atoms with Gasteiger partial charge in [-0.2, -0.15) is 0 Å². The molecule has 0 radical (unpaired) electrons. The maximum absolute atomic E-state index is 9.41. The Kier molecular flexibility index (Phi) is 2.38. The fraction of sp³-hybridized carbons (Fsp3) is 0.500. The van der Waals surface area contributed by atoms with Crippen LogP contribution in [0.2, 0.25) is 0 Å². The van der Waals surface area contributed by atoms with E-state index in [1.807, 2.05) is 0 Å². The molecule has 0 saturated heterocycles. The first kappa shape index (κ1) is 5.41. The molecule has 34 valence electrons. The van der Waals surface area contributed by atoms with Gasteiger partial charge in [0.2, 0.25) is 0 Å². The second kappa shape index (κ2) is 2.64. The van der Waals surface area contributed by atoms with E-state index in [0.717, 1.165) is 0 Å². The molecule has 0 bridgehead atoms. The van der Waals surface area contributed by atoms with Crippen molar-refractivity contribution in [2.75, 3.05) is 6.61 Å². The van der Waals surface area contributed by atoms with E-state index in [-0.39, 0.29) is 6.61 Å². The number of carbonyl (C=O) groups excluding carboxylic acids is 1. The lowest BCUT2D eigenvalue weighted by molar-refractivity contribution is 0.332. The molecule has 0 aromatic heterocycles. The lowest BCUT2D eigenvalue weighted by atomic mass is 10.4. The summed E-state index contributed by atoms with van der Waals surface area (Å²) in [6, 6.07) is 0. The average molecular weight is 86.1 g/mol. The minimum absolute atomic E-state index is 0.177. The number of aliphatic hydroxyl groups excluding tert-OH is 1. The van der Waals surface area contributed by atoms with Gasteiger partial charge < -0.3 is 5.11 Å². The van der Waals surface area contributed by atoms with Crippen molar-refractivity contribution >= 4 is 5.94 Å². The van der Waals surface area contributed by atoms with E-state index in [0.29, 0.717) is 5.57 Å². The maximum atomic E-state index is 9.41. The summed E-state index contributed by atoms with van der Waals surface area (Å²) in [5, 5.41) is 8.04. The maximum Gasteiger partial charge on any atom is 0.125 e. The van der Waals surface area contributed by atoms with E-state index in [1.54, 1.807) is 0 Å². The van der Waals surface area contributed by atoms with Crippen molar-refractivity contribution in [2.24, 2.45) is 0 Å². The van der Waals surface area contributed by atoms with Gasteiger partial charge >= 0.3 is 0 Å². The topological polar surface area (TPSA) is 37.3 Å². The van der Waals surface area contributed by atoms with Crippen molar-refractivity contribution < 1.29 is 9.90 Å². The predicted octanol–water partition coefficient (Wildman–Crippen LogP) is -0.243. The van der Waals surface area contributed by atoms with E-state index in [4.69, 9.17) is 5.11 Å². The number of aliphatic hydroxyl groups is 1. The Hall–Kier alpha value is -0.590. The molecule has 0 amide bonds. The summed E-state index contributed by atoms with van der Waals surface area (Å²) in [7, 11) is 0. The van der Waals surface area contributed by atoms with Crippen LogP contribution in [0.3, 0.4) is 0 Å². The van der Waals surface area contributed by atoms with E-state index < -0.39 is 0 Å². The third-order valence-electron chi connectivity index (χ3n) is 0.411. The van der Waals surface area contributed by atoms with Gasteiger partial charge in [-0.05, 0) is 6.92 Å².